The fraction of sp³-hybridized carbons (Fsp3) is 0.300. The second-order valence-corrected chi connectivity index (χ2v) is 6.20. The summed E-state index contributed by atoms with van der Waals surface area (Å²) >= 11 is 0. The molecule has 0 aliphatic carbocycles. The lowest BCUT2D eigenvalue weighted by molar-refractivity contribution is -0.136. The van der Waals surface area contributed by atoms with Crippen molar-refractivity contribution in [1.82, 2.24) is 10.2 Å². The van der Waals surface area contributed by atoms with Crippen molar-refractivity contribution in [2.75, 3.05) is 0 Å². The van der Waals surface area contributed by atoms with Gasteiger partial charge in [-0.25, -0.2) is 0 Å². The van der Waals surface area contributed by atoms with Crippen LogP contribution in [0.3, 0.4) is 0 Å². The van der Waals surface area contributed by atoms with E-state index in [0.29, 0.717) is 19.4 Å². The van der Waals surface area contributed by atoms with Crippen LogP contribution < -0.4 is 5.32 Å². The number of carbonyl (C=O) groups is 2. The number of carbonyl (C=O) groups excluding carboxylic acids is 2. The number of nitrogens with zero attached hydrogens (tertiary/aromatic N) is 1. The van der Waals surface area contributed by atoms with Gasteiger partial charge < -0.3 is 10.2 Å². The summed E-state index contributed by atoms with van der Waals surface area (Å²) in [5.74, 6) is -0.0282. The highest BCUT2D eigenvalue weighted by molar-refractivity contribution is 5.91. The van der Waals surface area contributed by atoms with Crippen LogP contribution in [-0.4, -0.2) is 22.8 Å². The average molecular weight is 322 g/mol. The van der Waals surface area contributed by atoms with Crippen LogP contribution in [0.4, 0.5) is 0 Å². The maximum Gasteiger partial charge on any atom is 0.243 e. The van der Waals surface area contributed by atoms with E-state index in [2.05, 4.69) is 5.32 Å². The highest BCUT2D eigenvalue weighted by Gasteiger charge is 2.36. The molecule has 1 saturated heterocycles. The molecule has 1 aliphatic rings. The predicted octanol–water partition coefficient (Wildman–Crippen LogP) is 3.06. The number of amides is 2. The van der Waals surface area contributed by atoms with Gasteiger partial charge in [0.1, 0.15) is 6.04 Å². The summed E-state index contributed by atoms with van der Waals surface area (Å²) < 4.78 is 0. The zero-order valence-corrected chi connectivity index (χ0v) is 13.8. The van der Waals surface area contributed by atoms with Crippen molar-refractivity contribution in [2.45, 2.75) is 38.4 Å². The summed E-state index contributed by atoms with van der Waals surface area (Å²) in [6.45, 7) is 2.45. The summed E-state index contributed by atoms with van der Waals surface area (Å²) in [7, 11) is 0. The SMILES string of the molecule is CC(NC(=O)[C@H]1CCC(=O)N1Cc1ccccc1)c1ccccc1. The quantitative estimate of drug-likeness (QED) is 0.920. The minimum Gasteiger partial charge on any atom is -0.348 e. The molecule has 1 aliphatic heterocycles. The van der Waals surface area contributed by atoms with E-state index in [-0.39, 0.29) is 23.9 Å². The molecule has 0 bridgehead atoms. The van der Waals surface area contributed by atoms with Crippen LogP contribution in [0.25, 0.3) is 0 Å². The van der Waals surface area contributed by atoms with Gasteiger partial charge in [0.2, 0.25) is 11.8 Å². The number of benzene rings is 2. The number of likely N-dealkylation sites (tertiary alicyclic amines) is 1. The Labute approximate surface area is 142 Å². The zero-order chi connectivity index (χ0) is 16.9. The fourth-order valence-corrected chi connectivity index (χ4v) is 3.12. The lowest BCUT2D eigenvalue weighted by Gasteiger charge is -2.26. The van der Waals surface area contributed by atoms with Gasteiger partial charge in [-0.3, -0.25) is 9.59 Å². The molecule has 4 nitrogen and oxygen atoms in total. The molecule has 0 saturated carbocycles. The van der Waals surface area contributed by atoms with Crippen molar-refractivity contribution in [3.8, 4) is 0 Å². The summed E-state index contributed by atoms with van der Waals surface area (Å²) in [5, 5.41) is 3.04. The summed E-state index contributed by atoms with van der Waals surface area (Å²) in [4.78, 5) is 26.6. The first-order chi connectivity index (χ1) is 11.6. The van der Waals surface area contributed by atoms with Crippen LogP contribution in [-0.2, 0) is 16.1 Å². The third-order valence-electron chi connectivity index (χ3n) is 4.48. The molecule has 4 heteroatoms. The predicted molar refractivity (Wildman–Crippen MR) is 93.0 cm³/mol. The largest absolute Gasteiger partial charge is 0.348 e. The molecular weight excluding hydrogens is 300 g/mol. The van der Waals surface area contributed by atoms with Crippen LogP contribution in [0.15, 0.2) is 60.7 Å². The summed E-state index contributed by atoms with van der Waals surface area (Å²) in [6.07, 6.45) is 1.02. The molecule has 1 unspecified atom stereocenters. The second-order valence-electron chi connectivity index (χ2n) is 6.20. The van der Waals surface area contributed by atoms with Gasteiger partial charge in [-0.05, 0) is 24.5 Å². The lowest BCUT2D eigenvalue weighted by Crippen LogP contribution is -2.45. The third kappa shape index (κ3) is 3.65. The van der Waals surface area contributed by atoms with Crippen LogP contribution in [0.5, 0.6) is 0 Å². The van der Waals surface area contributed by atoms with E-state index in [1.807, 2.05) is 67.6 Å². The molecule has 0 aromatic heterocycles. The summed E-state index contributed by atoms with van der Waals surface area (Å²) in [6, 6.07) is 19.2. The first-order valence-electron chi connectivity index (χ1n) is 8.34. The van der Waals surface area contributed by atoms with Crippen molar-refractivity contribution < 1.29 is 9.59 Å². The molecular formula is C20H22N2O2. The minimum absolute atomic E-state index is 0.0476. The lowest BCUT2D eigenvalue weighted by atomic mass is 10.1. The average Bonchev–Trinajstić information content (AvgIpc) is 2.97. The summed E-state index contributed by atoms with van der Waals surface area (Å²) in [5.41, 5.74) is 2.10. The monoisotopic (exact) mass is 322 g/mol. The van der Waals surface area contributed by atoms with Crippen LogP contribution in [0, 0.1) is 0 Å². The number of rotatable bonds is 5. The smallest absolute Gasteiger partial charge is 0.243 e. The normalized spacial score (nSPS) is 18.5. The Hall–Kier alpha value is -2.62. The topological polar surface area (TPSA) is 49.4 Å². The van der Waals surface area contributed by atoms with E-state index in [1.165, 1.54) is 0 Å². The highest BCUT2D eigenvalue weighted by Crippen LogP contribution is 2.23. The number of hydrogen-bond acceptors (Lipinski definition) is 2. The minimum atomic E-state index is -0.385. The van der Waals surface area contributed by atoms with E-state index in [4.69, 9.17) is 0 Å². The molecule has 1 N–H and O–H groups in total. The Kier molecular flexibility index (Phi) is 4.94. The maximum atomic E-state index is 12.7. The molecule has 24 heavy (non-hydrogen) atoms. The fourth-order valence-electron chi connectivity index (χ4n) is 3.12. The van der Waals surface area contributed by atoms with Crippen molar-refractivity contribution in [2.24, 2.45) is 0 Å². The molecule has 0 radical (unpaired) electrons. The third-order valence-corrected chi connectivity index (χ3v) is 4.48. The molecule has 124 valence electrons. The number of hydrogen-bond donors (Lipinski definition) is 1. The van der Waals surface area contributed by atoms with Gasteiger partial charge in [-0.15, -0.1) is 0 Å². The molecule has 0 spiro atoms. The Bertz CT molecular complexity index is 700. The molecule has 2 amide bonds. The highest BCUT2D eigenvalue weighted by atomic mass is 16.2. The molecule has 2 aromatic rings. The van der Waals surface area contributed by atoms with E-state index >= 15 is 0 Å². The van der Waals surface area contributed by atoms with E-state index < -0.39 is 0 Å². The van der Waals surface area contributed by atoms with Gasteiger partial charge >= 0.3 is 0 Å². The van der Waals surface area contributed by atoms with Crippen LogP contribution in [0.1, 0.15) is 36.9 Å². The van der Waals surface area contributed by atoms with Crippen molar-refractivity contribution in [3.05, 3.63) is 71.8 Å². The molecule has 1 fully saturated rings. The van der Waals surface area contributed by atoms with E-state index in [1.54, 1.807) is 4.90 Å². The molecule has 2 atom stereocenters. The Balaban J connectivity index is 1.68. The second kappa shape index (κ2) is 7.30. The van der Waals surface area contributed by atoms with Crippen molar-refractivity contribution >= 4 is 11.8 Å². The maximum absolute atomic E-state index is 12.7. The number of nitrogens with one attached hydrogen (secondary N) is 1. The van der Waals surface area contributed by atoms with Gasteiger partial charge in [-0.2, -0.15) is 0 Å². The van der Waals surface area contributed by atoms with Gasteiger partial charge in [0.15, 0.2) is 0 Å². The van der Waals surface area contributed by atoms with E-state index in [9.17, 15) is 9.59 Å². The van der Waals surface area contributed by atoms with Gasteiger partial charge in [0.25, 0.3) is 0 Å². The van der Waals surface area contributed by atoms with Crippen LogP contribution >= 0.6 is 0 Å². The zero-order valence-electron chi connectivity index (χ0n) is 13.8. The van der Waals surface area contributed by atoms with Gasteiger partial charge in [0, 0.05) is 13.0 Å². The van der Waals surface area contributed by atoms with Crippen molar-refractivity contribution in [1.29, 1.82) is 0 Å². The van der Waals surface area contributed by atoms with Crippen LogP contribution in [0.2, 0.25) is 0 Å². The van der Waals surface area contributed by atoms with Gasteiger partial charge in [-0.1, -0.05) is 60.7 Å². The molecule has 2 aromatic carbocycles. The van der Waals surface area contributed by atoms with E-state index in [0.717, 1.165) is 11.1 Å². The van der Waals surface area contributed by atoms with Crippen molar-refractivity contribution in [3.63, 3.8) is 0 Å². The molecule has 3 rings (SSSR count). The Morgan fingerprint density at radius 3 is 2.42 bits per heavy atom. The first kappa shape index (κ1) is 16.2. The standard InChI is InChI=1S/C20H22N2O2/c1-15(17-10-6-3-7-11-17)21-20(24)18-12-13-19(23)22(18)14-16-8-4-2-5-9-16/h2-11,15,18H,12-14H2,1H3,(H,21,24)/t15?,18-/m1/s1. The Morgan fingerprint density at radius 1 is 1.12 bits per heavy atom. The van der Waals surface area contributed by atoms with Gasteiger partial charge in [0.05, 0.1) is 6.04 Å². The first-order valence-corrected chi connectivity index (χ1v) is 8.34. The Morgan fingerprint density at radius 2 is 1.75 bits per heavy atom. The molecule has 1 heterocycles.